The van der Waals surface area contributed by atoms with Crippen LogP contribution in [0, 0.1) is 6.92 Å². The Balaban J connectivity index is 3.63. The van der Waals surface area contributed by atoms with Gasteiger partial charge in [-0.3, -0.25) is 0 Å². The van der Waals surface area contributed by atoms with Crippen molar-refractivity contribution in [1.82, 2.24) is 0 Å². The molecule has 0 aliphatic heterocycles. The van der Waals surface area contributed by atoms with Crippen molar-refractivity contribution in [2.75, 3.05) is 0 Å². The fourth-order valence-corrected chi connectivity index (χ4v) is 0.174. The first-order valence-corrected chi connectivity index (χ1v) is 2.21. The standard InChI is InChI=1S/C6H7O3/c1-3-6(8)9-4-5(2)7/h3-4,7H,1-2H2/b5-4-. The first-order valence-electron chi connectivity index (χ1n) is 2.21. The highest BCUT2D eigenvalue weighted by Gasteiger charge is 1.89. The van der Waals surface area contributed by atoms with Gasteiger partial charge in [0.2, 0.25) is 0 Å². The number of allylic oxidation sites excluding steroid dienone is 1. The van der Waals surface area contributed by atoms with Gasteiger partial charge in [-0.2, -0.15) is 0 Å². The maximum Gasteiger partial charge on any atom is 0.335 e. The number of ether oxygens (including phenoxy) is 1. The van der Waals surface area contributed by atoms with Crippen LogP contribution < -0.4 is 0 Å². The third-order valence-corrected chi connectivity index (χ3v) is 0.478. The molecule has 0 atom stereocenters. The van der Waals surface area contributed by atoms with E-state index in [1.165, 1.54) is 0 Å². The predicted molar refractivity (Wildman–Crippen MR) is 32.4 cm³/mol. The second-order valence-corrected chi connectivity index (χ2v) is 1.25. The Morgan fingerprint density at radius 2 is 2.22 bits per heavy atom. The van der Waals surface area contributed by atoms with Gasteiger partial charge < -0.3 is 9.84 Å². The van der Waals surface area contributed by atoms with Gasteiger partial charge >= 0.3 is 5.97 Å². The molecule has 49 valence electrons. The maximum absolute atomic E-state index is 10.2. The summed E-state index contributed by atoms with van der Waals surface area (Å²) in [5.41, 5.74) is 0. The number of aliphatic hydroxyl groups excluding tert-OH is 1. The van der Waals surface area contributed by atoms with E-state index >= 15 is 0 Å². The Kier molecular flexibility index (Phi) is 3.20. The molecule has 0 saturated carbocycles. The van der Waals surface area contributed by atoms with Gasteiger partial charge in [-0.25, -0.2) is 4.79 Å². The molecular formula is C6H7O3. The molecule has 3 heteroatoms. The molecule has 0 spiro atoms. The third kappa shape index (κ3) is 4.61. The van der Waals surface area contributed by atoms with Gasteiger partial charge in [-0.05, 0) is 0 Å². The average Bonchev–Trinajstić information content (AvgIpc) is 1.83. The van der Waals surface area contributed by atoms with Crippen LogP contribution in [0.5, 0.6) is 0 Å². The molecule has 0 rings (SSSR count). The highest BCUT2D eigenvalue weighted by Crippen LogP contribution is 1.86. The predicted octanol–water partition coefficient (Wildman–Crippen LogP) is 0.949. The molecule has 0 aromatic rings. The molecule has 0 unspecified atom stereocenters. The molecule has 0 aliphatic carbocycles. The number of aliphatic hydroxyl groups is 1. The second kappa shape index (κ2) is 3.72. The van der Waals surface area contributed by atoms with Gasteiger partial charge in [0.05, 0.1) is 0 Å². The monoisotopic (exact) mass is 127 g/mol. The molecule has 0 aromatic heterocycles. The van der Waals surface area contributed by atoms with Crippen molar-refractivity contribution in [2.45, 2.75) is 0 Å². The summed E-state index contributed by atoms with van der Waals surface area (Å²) in [6, 6.07) is 0. The lowest BCUT2D eigenvalue weighted by atomic mass is 10.6. The Hall–Kier alpha value is -1.25. The number of esters is 1. The van der Waals surface area contributed by atoms with Crippen molar-refractivity contribution >= 4 is 5.97 Å². The first kappa shape index (κ1) is 7.75. The van der Waals surface area contributed by atoms with E-state index < -0.39 is 5.97 Å². The molecule has 0 bridgehead atoms. The van der Waals surface area contributed by atoms with Gasteiger partial charge in [-0.1, -0.05) is 6.58 Å². The Labute approximate surface area is 53.3 Å². The SMILES string of the molecule is [CH2]/C(O)=C/OC(=O)C=C. The molecule has 0 aliphatic rings. The minimum absolute atomic E-state index is 0.301. The molecule has 0 fully saturated rings. The largest absolute Gasteiger partial charge is 0.509 e. The van der Waals surface area contributed by atoms with Crippen molar-refractivity contribution in [1.29, 1.82) is 0 Å². The maximum atomic E-state index is 10.2. The summed E-state index contributed by atoms with van der Waals surface area (Å²) in [4.78, 5) is 10.2. The Morgan fingerprint density at radius 1 is 1.67 bits per heavy atom. The minimum Gasteiger partial charge on any atom is -0.509 e. The summed E-state index contributed by atoms with van der Waals surface area (Å²) in [7, 11) is 0. The van der Waals surface area contributed by atoms with Crippen LogP contribution in [0.25, 0.3) is 0 Å². The van der Waals surface area contributed by atoms with Crippen molar-refractivity contribution in [3.05, 3.63) is 31.6 Å². The van der Waals surface area contributed by atoms with Crippen molar-refractivity contribution in [3.63, 3.8) is 0 Å². The van der Waals surface area contributed by atoms with Crippen molar-refractivity contribution < 1.29 is 14.6 Å². The van der Waals surface area contributed by atoms with Crippen LogP contribution in [0.2, 0.25) is 0 Å². The number of hydrogen-bond donors (Lipinski definition) is 1. The molecule has 1 N–H and O–H groups in total. The molecule has 0 heterocycles. The van der Waals surface area contributed by atoms with Crippen LogP contribution in [0.1, 0.15) is 0 Å². The normalized spacial score (nSPS) is 10.6. The average molecular weight is 127 g/mol. The van der Waals surface area contributed by atoms with Gasteiger partial charge in [0.25, 0.3) is 0 Å². The molecule has 3 nitrogen and oxygen atoms in total. The second-order valence-electron chi connectivity index (χ2n) is 1.25. The molecule has 0 saturated heterocycles. The summed E-state index contributed by atoms with van der Waals surface area (Å²) < 4.78 is 4.22. The molecule has 9 heavy (non-hydrogen) atoms. The van der Waals surface area contributed by atoms with Crippen molar-refractivity contribution in [2.24, 2.45) is 0 Å². The highest BCUT2D eigenvalue weighted by molar-refractivity contribution is 5.81. The van der Waals surface area contributed by atoms with E-state index in [-0.39, 0.29) is 5.76 Å². The van der Waals surface area contributed by atoms with Gasteiger partial charge in [0.1, 0.15) is 12.0 Å². The Bertz CT molecular complexity index is 142. The van der Waals surface area contributed by atoms with Crippen LogP contribution in [0.4, 0.5) is 0 Å². The van der Waals surface area contributed by atoms with Crippen LogP contribution in [-0.4, -0.2) is 11.1 Å². The van der Waals surface area contributed by atoms with E-state index in [1.54, 1.807) is 0 Å². The topological polar surface area (TPSA) is 46.5 Å². The third-order valence-electron chi connectivity index (χ3n) is 0.478. The Morgan fingerprint density at radius 3 is 2.56 bits per heavy atom. The van der Waals surface area contributed by atoms with E-state index in [0.717, 1.165) is 12.3 Å². The summed E-state index contributed by atoms with van der Waals surface area (Å²) in [5.74, 6) is -0.921. The van der Waals surface area contributed by atoms with E-state index in [2.05, 4.69) is 18.2 Å². The molecule has 1 radical (unpaired) electrons. The zero-order chi connectivity index (χ0) is 7.28. The zero-order valence-electron chi connectivity index (χ0n) is 4.83. The smallest absolute Gasteiger partial charge is 0.335 e. The summed E-state index contributed by atoms with van der Waals surface area (Å²) in [6.07, 6.45) is 1.82. The van der Waals surface area contributed by atoms with Gasteiger partial charge in [0, 0.05) is 13.0 Å². The van der Waals surface area contributed by atoms with Gasteiger partial charge in [-0.15, -0.1) is 0 Å². The number of hydrogen-bond acceptors (Lipinski definition) is 3. The highest BCUT2D eigenvalue weighted by atomic mass is 16.5. The molecular weight excluding hydrogens is 120 g/mol. The quantitative estimate of drug-likeness (QED) is 0.341. The fourth-order valence-electron chi connectivity index (χ4n) is 0.174. The minimum atomic E-state index is -0.620. The fraction of sp³-hybridized carbons (Fsp3) is 0. The molecule has 0 aromatic carbocycles. The first-order chi connectivity index (χ1) is 4.16. The summed E-state index contributed by atoms with van der Waals surface area (Å²) >= 11 is 0. The number of carbonyl (C=O) groups excluding carboxylic acids is 1. The number of rotatable bonds is 2. The van der Waals surface area contributed by atoms with Gasteiger partial charge in [0.15, 0.2) is 0 Å². The van der Waals surface area contributed by atoms with Crippen LogP contribution in [-0.2, 0) is 9.53 Å². The van der Waals surface area contributed by atoms with Crippen molar-refractivity contribution in [3.8, 4) is 0 Å². The molecule has 0 amide bonds. The lowest BCUT2D eigenvalue weighted by Gasteiger charge is -1.90. The van der Waals surface area contributed by atoms with E-state index in [1.807, 2.05) is 0 Å². The number of carbonyl (C=O) groups is 1. The summed E-state index contributed by atoms with van der Waals surface area (Å²) in [6.45, 7) is 6.18. The zero-order valence-corrected chi connectivity index (χ0v) is 4.83. The van der Waals surface area contributed by atoms with Crippen LogP contribution in [0.15, 0.2) is 24.7 Å². The van der Waals surface area contributed by atoms with E-state index in [9.17, 15) is 4.79 Å². The lowest BCUT2D eigenvalue weighted by Crippen LogP contribution is -1.92. The lowest BCUT2D eigenvalue weighted by molar-refractivity contribution is -0.132. The van der Waals surface area contributed by atoms with Crippen LogP contribution in [0.3, 0.4) is 0 Å². The van der Waals surface area contributed by atoms with E-state index in [4.69, 9.17) is 5.11 Å². The van der Waals surface area contributed by atoms with E-state index in [0.29, 0.717) is 0 Å². The summed E-state index contributed by atoms with van der Waals surface area (Å²) in [5, 5.41) is 8.34. The van der Waals surface area contributed by atoms with Crippen LogP contribution >= 0.6 is 0 Å².